The molecule has 0 unspecified atom stereocenters. The number of nitrogens with zero attached hydrogens (tertiary/aromatic N) is 1. The Morgan fingerprint density at radius 1 is 1.11 bits per heavy atom. The van der Waals surface area contributed by atoms with E-state index in [2.05, 4.69) is 27.3 Å². The van der Waals surface area contributed by atoms with Crippen molar-refractivity contribution in [2.24, 2.45) is 0 Å². The molecule has 0 aliphatic heterocycles. The topological polar surface area (TPSA) is 45.0 Å². The molecule has 4 heteroatoms. The third-order valence-electron chi connectivity index (χ3n) is 2.60. The lowest BCUT2D eigenvalue weighted by Crippen LogP contribution is -2.00. The Labute approximate surface area is 121 Å². The number of hydrogen-bond donors (Lipinski definition) is 1. The molecule has 0 heterocycles. The second-order valence-electron chi connectivity index (χ2n) is 3.92. The van der Waals surface area contributed by atoms with Gasteiger partial charge in [-0.3, -0.25) is 0 Å². The van der Waals surface area contributed by atoms with Gasteiger partial charge in [-0.1, -0.05) is 34.1 Å². The van der Waals surface area contributed by atoms with Gasteiger partial charge < -0.3 is 10.1 Å². The largest absolute Gasteiger partial charge is 0.479 e. The fraction of sp³-hybridized carbons (Fsp3) is 0.133. The van der Waals surface area contributed by atoms with Gasteiger partial charge in [0.25, 0.3) is 0 Å². The second-order valence-corrected chi connectivity index (χ2v) is 4.77. The minimum absolute atomic E-state index is 0.0732. The van der Waals surface area contributed by atoms with Crippen molar-refractivity contribution in [1.29, 1.82) is 5.26 Å². The highest BCUT2D eigenvalue weighted by molar-refractivity contribution is 9.10. The van der Waals surface area contributed by atoms with Crippen molar-refractivity contribution < 1.29 is 4.74 Å². The van der Waals surface area contributed by atoms with E-state index in [0.29, 0.717) is 5.75 Å². The molecule has 0 amide bonds. The van der Waals surface area contributed by atoms with E-state index in [4.69, 9.17) is 10.00 Å². The molecule has 0 aliphatic rings. The van der Waals surface area contributed by atoms with E-state index in [9.17, 15) is 0 Å². The summed E-state index contributed by atoms with van der Waals surface area (Å²) >= 11 is 3.52. The Bertz CT molecular complexity index is 575. The Morgan fingerprint density at radius 2 is 1.84 bits per heavy atom. The highest BCUT2D eigenvalue weighted by Gasteiger charge is 1.99. The van der Waals surface area contributed by atoms with Gasteiger partial charge in [0.2, 0.25) is 0 Å². The highest BCUT2D eigenvalue weighted by Crippen LogP contribution is 2.19. The molecule has 96 valence electrons. The summed E-state index contributed by atoms with van der Waals surface area (Å²) in [5.74, 6) is 0.702. The maximum atomic E-state index is 8.43. The van der Waals surface area contributed by atoms with E-state index in [-0.39, 0.29) is 6.61 Å². The van der Waals surface area contributed by atoms with Crippen LogP contribution in [0, 0.1) is 11.3 Å². The van der Waals surface area contributed by atoms with Crippen LogP contribution < -0.4 is 10.1 Å². The van der Waals surface area contributed by atoms with E-state index in [0.717, 1.165) is 16.7 Å². The fourth-order valence-corrected chi connectivity index (χ4v) is 2.05. The third-order valence-corrected chi connectivity index (χ3v) is 3.37. The Morgan fingerprint density at radius 3 is 2.53 bits per heavy atom. The summed E-state index contributed by atoms with van der Waals surface area (Å²) < 4.78 is 6.29. The minimum atomic E-state index is 0.0732. The summed E-state index contributed by atoms with van der Waals surface area (Å²) in [7, 11) is 0. The van der Waals surface area contributed by atoms with Crippen molar-refractivity contribution in [2.75, 3.05) is 11.9 Å². The lowest BCUT2D eigenvalue weighted by Gasteiger charge is -2.09. The lowest BCUT2D eigenvalue weighted by atomic mass is 10.2. The first-order valence-electron chi connectivity index (χ1n) is 5.86. The molecule has 2 aromatic carbocycles. The molecule has 0 fully saturated rings. The van der Waals surface area contributed by atoms with E-state index in [1.54, 1.807) is 0 Å². The Hall–Kier alpha value is -1.99. The third kappa shape index (κ3) is 4.01. The van der Waals surface area contributed by atoms with Crippen LogP contribution >= 0.6 is 15.9 Å². The van der Waals surface area contributed by atoms with Crippen molar-refractivity contribution in [1.82, 2.24) is 0 Å². The number of nitrogens with one attached hydrogen (secondary N) is 1. The smallest absolute Gasteiger partial charge is 0.174 e. The van der Waals surface area contributed by atoms with Crippen LogP contribution in [0.5, 0.6) is 5.75 Å². The Balaban J connectivity index is 1.93. The van der Waals surface area contributed by atoms with Gasteiger partial charge in [0.05, 0.1) is 0 Å². The quantitative estimate of drug-likeness (QED) is 0.908. The van der Waals surface area contributed by atoms with Crippen LogP contribution in [0.15, 0.2) is 53.0 Å². The van der Waals surface area contributed by atoms with Crippen LogP contribution in [0.3, 0.4) is 0 Å². The maximum absolute atomic E-state index is 8.43. The average Bonchev–Trinajstić information content (AvgIpc) is 2.45. The van der Waals surface area contributed by atoms with Crippen LogP contribution in [0.4, 0.5) is 5.69 Å². The van der Waals surface area contributed by atoms with Gasteiger partial charge >= 0.3 is 0 Å². The molecule has 2 rings (SSSR count). The first-order chi connectivity index (χ1) is 9.29. The molecule has 0 aliphatic carbocycles. The second kappa shape index (κ2) is 6.81. The minimum Gasteiger partial charge on any atom is -0.479 e. The summed E-state index contributed by atoms with van der Waals surface area (Å²) in [6.45, 7) is 0.823. The molecule has 0 saturated heterocycles. The number of rotatable bonds is 5. The van der Waals surface area contributed by atoms with Gasteiger partial charge in [-0.15, -0.1) is 0 Å². The summed E-state index contributed by atoms with van der Waals surface area (Å²) in [5, 5.41) is 11.8. The number of halogens is 1. The molecule has 3 nitrogen and oxygen atoms in total. The zero-order valence-electron chi connectivity index (χ0n) is 10.3. The molecule has 0 bridgehead atoms. The van der Waals surface area contributed by atoms with Crippen molar-refractivity contribution in [3.63, 3.8) is 0 Å². The predicted molar refractivity (Wildman–Crippen MR) is 79.0 cm³/mol. The van der Waals surface area contributed by atoms with Gasteiger partial charge in [-0.05, 0) is 35.9 Å². The van der Waals surface area contributed by atoms with Gasteiger partial charge in [0.15, 0.2) is 6.61 Å². The van der Waals surface area contributed by atoms with Crippen LogP contribution in [-0.2, 0) is 6.54 Å². The highest BCUT2D eigenvalue weighted by atomic mass is 79.9. The van der Waals surface area contributed by atoms with Crippen LogP contribution in [0.25, 0.3) is 0 Å². The van der Waals surface area contributed by atoms with Crippen molar-refractivity contribution in [2.45, 2.75) is 6.54 Å². The molecular formula is C15H13BrN2O. The van der Waals surface area contributed by atoms with Gasteiger partial charge in [0.1, 0.15) is 11.8 Å². The molecule has 0 atom stereocenters. The SMILES string of the molecule is N#CCOc1ccc(NCc2ccccc2Br)cc1. The first-order valence-corrected chi connectivity index (χ1v) is 6.66. The van der Waals surface area contributed by atoms with Gasteiger partial charge in [0, 0.05) is 16.7 Å². The number of hydrogen-bond acceptors (Lipinski definition) is 3. The molecule has 0 radical (unpaired) electrons. The molecule has 1 N–H and O–H groups in total. The van der Waals surface area contributed by atoms with Crippen molar-refractivity contribution >= 4 is 21.6 Å². The summed E-state index contributed by atoms with van der Waals surface area (Å²) in [5.41, 5.74) is 2.22. The number of benzene rings is 2. The van der Waals surface area contributed by atoms with Crippen molar-refractivity contribution in [3.8, 4) is 11.8 Å². The van der Waals surface area contributed by atoms with E-state index in [1.807, 2.05) is 48.5 Å². The standard InChI is InChI=1S/C15H13BrN2O/c16-15-4-2-1-3-12(15)11-18-13-5-7-14(8-6-13)19-10-9-17/h1-8,18H,10-11H2. The monoisotopic (exact) mass is 316 g/mol. The number of ether oxygens (including phenoxy) is 1. The fourth-order valence-electron chi connectivity index (χ4n) is 1.62. The van der Waals surface area contributed by atoms with Crippen LogP contribution in [-0.4, -0.2) is 6.61 Å². The first kappa shape index (κ1) is 13.4. The predicted octanol–water partition coefficient (Wildman–Crippen LogP) is 3.96. The molecule has 19 heavy (non-hydrogen) atoms. The Kier molecular flexibility index (Phi) is 4.82. The van der Waals surface area contributed by atoms with Crippen LogP contribution in [0.2, 0.25) is 0 Å². The van der Waals surface area contributed by atoms with E-state index < -0.39 is 0 Å². The van der Waals surface area contributed by atoms with Crippen molar-refractivity contribution in [3.05, 3.63) is 58.6 Å². The molecule has 2 aromatic rings. The van der Waals surface area contributed by atoms with Crippen LogP contribution in [0.1, 0.15) is 5.56 Å². The lowest BCUT2D eigenvalue weighted by molar-refractivity contribution is 0.368. The summed E-state index contributed by atoms with van der Waals surface area (Å²) in [6, 6.07) is 17.6. The number of nitriles is 1. The zero-order valence-corrected chi connectivity index (χ0v) is 11.9. The molecule has 0 aromatic heterocycles. The average molecular weight is 317 g/mol. The maximum Gasteiger partial charge on any atom is 0.174 e. The number of anilines is 1. The summed E-state index contributed by atoms with van der Waals surface area (Å²) in [6.07, 6.45) is 0. The molecule has 0 saturated carbocycles. The van der Waals surface area contributed by atoms with E-state index in [1.165, 1.54) is 5.56 Å². The molecule has 0 spiro atoms. The normalized spacial score (nSPS) is 9.68. The summed E-state index contributed by atoms with van der Waals surface area (Å²) in [4.78, 5) is 0. The molecular weight excluding hydrogens is 304 g/mol. The zero-order chi connectivity index (χ0) is 13.5. The van der Waals surface area contributed by atoms with E-state index >= 15 is 0 Å². The van der Waals surface area contributed by atoms with Gasteiger partial charge in [-0.2, -0.15) is 5.26 Å². The van der Waals surface area contributed by atoms with Gasteiger partial charge in [-0.25, -0.2) is 0 Å².